The Bertz CT molecular complexity index is 917. The summed E-state index contributed by atoms with van der Waals surface area (Å²) in [5.41, 5.74) is 2.67. The molecule has 1 fully saturated rings. The van der Waals surface area contributed by atoms with Crippen molar-refractivity contribution in [3.63, 3.8) is 0 Å². The van der Waals surface area contributed by atoms with Crippen molar-refractivity contribution in [2.24, 2.45) is 0 Å². The SMILES string of the molecule is N#Cc1cccc(NCCC(=O)N2CCN(Cc3ccc4c(c3)OCO4)CC2)c1. The van der Waals surface area contributed by atoms with Crippen molar-refractivity contribution in [3.05, 3.63) is 53.6 Å². The molecule has 0 radical (unpaired) electrons. The Kier molecular flexibility index (Phi) is 5.82. The lowest BCUT2D eigenvalue weighted by Gasteiger charge is -2.35. The van der Waals surface area contributed by atoms with Crippen LogP contribution in [0.5, 0.6) is 11.5 Å². The quantitative estimate of drug-likeness (QED) is 0.814. The van der Waals surface area contributed by atoms with Gasteiger partial charge >= 0.3 is 0 Å². The second kappa shape index (κ2) is 8.84. The Balaban J connectivity index is 1.20. The van der Waals surface area contributed by atoms with E-state index in [0.717, 1.165) is 49.9 Å². The highest BCUT2D eigenvalue weighted by molar-refractivity contribution is 5.76. The number of fused-ring (bicyclic) bond motifs is 1. The standard InChI is InChI=1S/C22H24N4O3/c23-14-17-2-1-3-19(12-17)24-7-6-22(27)26-10-8-25(9-11-26)15-18-4-5-20-21(13-18)29-16-28-20/h1-5,12-13,24H,6-11,15-16H2. The van der Waals surface area contributed by atoms with E-state index in [1.165, 1.54) is 5.56 Å². The molecule has 0 aliphatic carbocycles. The van der Waals surface area contributed by atoms with Gasteiger partial charge < -0.3 is 19.7 Å². The third kappa shape index (κ3) is 4.79. The summed E-state index contributed by atoms with van der Waals surface area (Å²) in [6, 6.07) is 15.5. The fourth-order valence-corrected chi connectivity index (χ4v) is 3.62. The van der Waals surface area contributed by atoms with Crippen LogP contribution >= 0.6 is 0 Å². The van der Waals surface area contributed by atoms with Crippen LogP contribution in [0.2, 0.25) is 0 Å². The Morgan fingerprint density at radius 3 is 2.72 bits per heavy atom. The van der Waals surface area contributed by atoms with Crippen molar-refractivity contribution >= 4 is 11.6 Å². The van der Waals surface area contributed by atoms with E-state index in [4.69, 9.17) is 14.7 Å². The Hall–Kier alpha value is -3.24. The van der Waals surface area contributed by atoms with Gasteiger partial charge in [0, 0.05) is 51.4 Å². The highest BCUT2D eigenvalue weighted by Gasteiger charge is 2.21. The predicted molar refractivity (Wildman–Crippen MR) is 109 cm³/mol. The minimum absolute atomic E-state index is 0.164. The van der Waals surface area contributed by atoms with E-state index in [9.17, 15) is 4.79 Å². The molecule has 29 heavy (non-hydrogen) atoms. The van der Waals surface area contributed by atoms with Crippen LogP contribution in [0.15, 0.2) is 42.5 Å². The number of carbonyl (C=O) groups excluding carboxylic acids is 1. The smallest absolute Gasteiger partial charge is 0.231 e. The molecule has 0 bridgehead atoms. The van der Waals surface area contributed by atoms with Crippen LogP contribution in [0, 0.1) is 11.3 Å². The number of piperazine rings is 1. The Morgan fingerprint density at radius 2 is 1.90 bits per heavy atom. The van der Waals surface area contributed by atoms with Gasteiger partial charge in [-0.2, -0.15) is 5.26 Å². The first kappa shape index (κ1) is 19.1. The van der Waals surface area contributed by atoms with Crippen molar-refractivity contribution < 1.29 is 14.3 Å². The monoisotopic (exact) mass is 392 g/mol. The molecule has 2 aromatic carbocycles. The molecule has 4 rings (SSSR count). The summed E-state index contributed by atoms with van der Waals surface area (Å²) in [4.78, 5) is 16.8. The van der Waals surface area contributed by atoms with Gasteiger partial charge in [0.1, 0.15) is 0 Å². The second-order valence-electron chi connectivity index (χ2n) is 7.21. The third-order valence-electron chi connectivity index (χ3n) is 5.23. The van der Waals surface area contributed by atoms with Gasteiger partial charge in [0.15, 0.2) is 11.5 Å². The predicted octanol–water partition coefficient (Wildman–Crippen LogP) is 2.43. The molecule has 1 saturated heterocycles. The van der Waals surface area contributed by atoms with Crippen LogP contribution in [0.1, 0.15) is 17.5 Å². The number of ether oxygens (including phenoxy) is 2. The van der Waals surface area contributed by atoms with E-state index in [2.05, 4.69) is 22.4 Å². The number of amides is 1. The normalized spacial score (nSPS) is 15.8. The van der Waals surface area contributed by atoms with Gasteiger partial charge in [-0.15, -0.1) is 0 Å². The molecular weight excluding hydrogens is 368 g/mol. The molecule has 7 nitrogen and oxygen atoms in total. The van der Waals surface area contributed by atoms with Gasteiger partial charge in [-0.05, 0) is 35.9 Å². The van der Waals surface area contributed by atoms with Gasteiger partial charge in [0.25, 0.3) is 0 Å². The molecule has 1 amide bonds. The third-order valence-corrected chi connectivity index (χ3v) is 5.23. The highest BCUT2D eigenvalue weighted by atomic mass is 16.7. The van der Waals surface area contributed by atoms with Crippen molar-refractivity contribution in [2.45, 2.75) is 13.0 Å². The molecule has 1 N–H and O–H groups in total. The van der Waals surface area contributed by atoms with Gasteiger partial charge in [-0.1, -0.05) is 12.1 Å². The minimum Gasteiger partial charge on any atom is -0.454 e. The summed E-state index contributed by atoms with van der Waals surface area (Å²) >= 11 is 0. The van der Waals surface area contributed by atoms with Crippen molar-refractivity contribution in [1.29, 1.82) is 5.26 Å². The molecule has 0 saturated carbocycles. The van der Waals surface area contributed by atoms with Gasteiger partial charge in [-0.25, -0.2) is 0 Å². The summed E-state index contributed by atoms with van der Waals surface area (Å²) < 4.78 is 10.8. The van der Waals surface area contributed by atoms with Crippen LogP contribution < -0.4 is 14.8 Å². The molecule has 0 spiro atoms. The molecule has 7 heteroatoms. The average molecular weight is 392 g/mol. The summed E-state index contributed by atoms with van der Waals surface area (Å²) in [5.74, 6) is 1.78. The lowest BCUT2D eigenvalue weighted by molar-refractivity contribution is -0.132. The van der Waals surface area contributed by atoms with Crippen LogP contribution in [0.3, 0.4) is 0 Å². The molecule has 2 aromatic rings. The summed E-state index contributed by atoms with van der Waals surface area (Å²) in [5, 5.41) is 12.2. The highest BCUT2D eigenvalue weighted by Crippen LogP contribution is 2.32. The molecule has 0 unspecified atom stereocenters. The molecule has 2 aliphatic heterocycles. The Morgan fingerprint density at radius 1 is 1.07 bits per heavy atom. The number of rotatable bonds is 6. The molecule has 2 aliphatic rings. The number of benzene rings is 2. The minimum atomic E-state index is 0.164. The lowest BCUT2D eigenvalue weighted by atomic mass is 10.1. The fraction of sp³-hybridized carbons (Fsp3) is 0.364. The maximum Gasteiger partial charge on any atom is 0.231 e. The zero-order chi connectivity index (χ0) is 20.1. The summed E-state index contributed by atoms with van der Waals surface area (Å²) in [6.45, 7) is 4.90. The number of nitriles is 1. The molecule has 0 aromatic heterocycles. The first-order valence-electron chi connectivity index (χ1n) is 9.84. The maximum atomic E-state index is 12.5. The summed E-state index contributed by atoms with van der Waals surface area (Å²) in [7, 11) is 0. The lowest BCUT2D eigenvalue weighted by Crippen LogP contribution is -2.48. The zero-order valence-electron chi connectivity index (χ0n) is 16.3. The number of nitrogens with zero attached hydrogens (tertiary/aromatic N) is 3. The molecule has 0 atom stereocenters. The first-order chi connectivity index (χ1) is 14.2. The zero-order valence-corrected chi connectivity index (χ0v) is 16.3. The first-order valence-corrected chi connectivity index (χ1v) is 9.84. The molecular formula is C22H24N4O3. The van der Waals surface area contributed by atoms with Crippen LogP contribution in [-0.4, -0.2) is 55.2 Å². The van der Waals surface area contributed by atoms with Gasteiger partial charge in [-0.3, -0.25) is 9.69 Å². The van der Waals surface area contributed by atoms with E-state index in [1.54, 1.807) is 12.1 Å². The van der Waals surface area contributed by atoms with Crippen molar-refractivity contribution in [3.8, 4) is 17.6 Å². The molecule has 2 heterocycles. The maximum absolute atomic E-state index is 12.5. The number of carbonyl (C=O) groups is 1. The van der Waals surface area contributed by atoms with Crippen LogP contribution in [0.4, 0.5) is 5.69 Å². The fourth-order valence-electron chi connectivity index (χ4n) is 3.62. The molecule has 150 valence electrons. The van der Waals surface area contributed by atoms with E-state index >= 15 is 0 Å². The second-order valence-corrected chi connectivity index (χ2v) is 7.21. The summed E-state index contributed by atoms with van der Waals surface area (Å²) in [6.07, 6.45) is 0.443. The van der Waals surface area contributed by atoms with E-state index in [0.29, 0.717) is 18.5 Å². The number of nitrogens with one attached hydrogen (secondary N) is 1. The van der Waals surface area contributed by atoms with Crippen molar-refractivity contribution in [2.75, 3.05) is 44.8 Å². The van der Waals surface area contributed by atoms with Crippen LogP contribution in [-0.2, 0) is 11.3 Å². The topological polar surface area (TPSA) is 77.8 Å². The number of hydrogen-bond acceptors (Lipinski definition) is 6. The van der Waals surface area contributed by atoms with Crippen molar-refractivity contribution in [1.82, 2.24) is 9.80 Å². The van der Waals surface area contributed by atoms with Gasteiger partial charge in [0.2, 0.25) is 12.7 Å². The van der Waals surface area contributed by atoms with E-state index in [-0.39, 0.29) is 12.7 Å². The van der Waals surface area contributed by atoms with E-state index < -0.39 is 0 Å². The Labute approximate surface area is 170 Å². The van der Waals surface area contributed by atoms with E-state index in [1.807, 2.05) is 29.2 Å². The number of hydrogen-bond donors (Lipinski definition) is 1. The number of anilines is 1. The average Bonchev–Trinajstić information content (AvgIpc) is 3.22. The van der Waals surface area contributed by atoms with Crippen LogP contribution in [0.25, 0.3) is 0 Å². The van der Waals surface area contributed by atoms with Gasteiger partial charge in [0.05, 0.1) is 11.6 Å². The largest absolute Gasteiger partial charge is 0.454 e.